The summed E-state index contributed by atoms with van der Waals surface area (Å²) in [5, 5.41) is 9.29. The Bertz CT molecular complexity index is 936. The van der Waals surface area contributed by atoms with Crippen LogP contribution in [0, 0.1) is 5.92 Å². The number of aromatic nitrogens is 3. The second-order valence-electron chi connectivity index (χ2n) is 9.17. The molecule has 0 atom stereocenters. The fourth-order valence-corrected chi connectivity index (χ4v) is 3.48. The van der Waals surface area contributed by atoms with Crippen molar-refractivity contribution in [2.75, 3.05) is 30.3 Å². The number of hydrogen-bond acceptors (Lipinski definition) is 8. The molecule has 10 nitrogen and oxygen atoms in total. The van der Waals surface area contributed by atoms with Gasteiger partial charge in [0.1, 0.15) is 23.6 Å². The molecular formula is C23H33N7O3. The summed E-state index contributed by atoms with van der Waals surface area (Å²) < 4.78 is 5.46. The smallest absolute Gasteiger partial charge is 0.410 e. The molecule has 0 unspecified atom stereocenters. The van der Waals surface area contributed by atoms with E-state index in [2.05, 4.69) is 30.9 Å². The predicted octanol–water partition coefficient (Wildman–Crippen LogP) is 3.31. The van der Waals surface area contributed by atoms with Crippen molar-refractivity contribution < 1.29 is 14.3 Å². The van der Waals surface area contributed by atoms with Crippen LogP contribution in [0.2, 0.25) is 0 Å². The molecule has 3 rings (SSSR count). The van der Waals surface area contributed by atoms with Crippen molar-refractivity contribution in [1.29, 1.82) is 0 Å². The second-order valence-corrected chi connectivity index (χ2v) is 9.17. The zero-order valence-corrected chi connectivity index (χ0v) is 19.7. The number of carbonyl (C=O) groups excluding carboxylic acids is 2. The summed E-state index contributed by atoms with van der Waals surface area (Å²) in [5.41, 5.74) is 1.17. The molecule has 3 heterocycles. The van der Waals surface area contributed by atoms with Gasteiger partial charge in [-0.3, -0.25) is 4.79 Å². The number of carbonyl (C=O) groups is 2. The van der Waals surface area contributed by atoms with Gasteiger partial charge in [-0.1, -0.05) is 0 Å². The van der Waals surface area contributed by atoms with Gasteiger partial charge in [0.15, 0.2) is 0 Å². The molecular weight excluding hydrogens is 422 g/mol. The van der Waals surface area contributed by atoms with Crippen molar-refractivity contribution in [1.82, 2.24) is 25.2 Å². The number of piperidine rings is 1. The van der Waals surface area contributed by atoms with E-state index in [1.165, 1.54) is 13.3 Å². The minimum absolute atomic E-state index is 0.162. The number of rotatable bonds is 7. The average Bonchev–Trinajstić information content (AvgIpc) is 2.74. The first-order chi connectivity index (χ1) is 15.7. The first-order valence-electron chi connectivity index (χ1n) is 11.2. The standard InChI is InChI=1S/C23H33N7O3/c1-16(31)28-20-6-5-18(14-25-20)29-21-11-19(26-15-27-21)13-24-12-17-7-9-30(10-8-17)22(32)33-23(2,3)4/h5-6,11,14-15,17,24H,7-10,12-13H2,1-4H3,(H,25,28,31)(H,26,27,29). The molecule has 1 aliphatic rings. The van der Waals surface area contributed by atoms with Crippen LogP contribution >= 0.6 is 0 Å². The lowest BCUT2D eigenvalue weighted by Gasteiger charge is -2.33. The van der Waals surface area contributed by atoms with E-state index in [4.69, 9.17) is 4.74 Å². The summed E-state index contributed by atoms with van der Waals surface area (Å²) in [4.78, 5) is 37.9. The Morgan fingerprint density at radius 1 is 1.12 bits per heavy atom. The Morgan fingerprint density at radius 3 is 2.52 bits per heavy atom. The number of nitrogens with zero attached hydrogens (tertiary/aromatic N) is 4. The molecule has 3 N–H and O–H groups in total. The Hall–Kier alpha value is -3.27. The maximum atomic E-state index is 12.2. The van der Waals surface area contributed by atoms with Crippen molar-refractivity contribution >= 4 is 29.3 Å². The van der Waals surface area contributed by atoms with E-state index in [1.54, 1.807) is 17.2 Å². The Labute approximate surface area is 194 Å². The minimum Gasteiger partial charge on any atom is -0.444 e. The molecule has 33 heavy (non-hydrogen) atoms. The first-order valence-corrected chi connectivity index (χ1v) is 11.2. The van der Waals surface area contributed by atoms with Crippen LogP contribution in [0.25, 0.3) is 0 Å². The van der Waals surface area contributed by atoms with Gasteiger partial charge < -0.3 is 25.6 Å². The Balaban J connectivity index is 1.41. The largest absolute Gasteiger partial charge is 0.444 e. The summed E-state index contributed by atoms with van der Waals surface area (Å²) in [7, 11) is 0. The highest BCUT2D eigenvalue weighted by Crippen LogP contribution is 2.20. The molecule has 0 aromatic carbocycles. The van der Waals surface area contributed by atoms with Crippen LogP contribution in [-0.4, -0.2) is 57.1 Å². The molecule has 0 bridgehead atoms. The van der Waals surface area contributed by atoms with Crippen LogP contribution in [0.15, 0.2) is 30.7 Å². The number of nitrogens with one attached hydrogen (secondary N) is 3. The van der Waals surface area contributed by atoms with Crippen LogP contribution < -0.4 is 16.0 Å². The molecule has 10 heteroatoms. The Kier molecular flexibility index (Phi) is 8.16. The molecule has 2 aromatic heterocycles. The zero-order chi connectivity index (χ0) is 23.8. The molecule has 2 aromatic rings. The highest BCUT2D eigenvalue weighted by Gasteiger charge is 2.26. The van der Waals surface area contributed by atoms with Crippen LogP contribution in [0.1, 0.15) is 46.2 Å². The lowest BCUT2D eigenvalue weighted by Crippen LogP contribution is -2.43. The lowest BCUT2D eigenvalue weighted by molar-refractivity contribution is -0.114. The van der Waals surface area contributed by atoms with E-state index in [0.717, 1.165) is 43.9 Å². The first kappa shape index (κ1) is 24.4. The molecule has 0 saturated carbocycles. The molecule has 2 amide bonds. The van der Waals surface area contributed by atoms with Crippen molar-refractivity contribution in [3.8, 4) is 0 Å². The van der Waals surface area contributed by atoms with Crippen LogP contribution in [0.5, 0.6) is 0 Å². The topological polar surface area (TPSA) is 121 Å². The maximum absolute atomic E-state index is 12.2. The van der Waals surface area contributed by atoms with Gasteiger partial charge in [0.2, 0.25) is 5.91 Å². The molecule has 0 aliphatic carbocycles. The summed E-state index contributed by atoms with van der Waals surface area (Å²) in [6.45, 7) is 10.0. The third-order valence-electron chi connectivity index (χ3n) is 5.07. The van der Waals surface area contributed by atoms with E-state index in [-0.39, 0.29) is 12.0 Å². The number of ether oxygens (including phenoxy) is 1. The van der Waals surface area contributed by atoms with Crippen molar-refractivity contribution in [2.24, 2.45) is 5.92 Å². The monoisotopic (exact) mass is 455 g/mol. The summed E-state index contributed by atoms with van der Waals surface area (Å²) >= 11 is 0. The summed E-state index contributed by atoms with van der Waals surface area (Å²) in [5.74, 6) is 1.51. The summed E-state index contributed by atoms with van der Waals surface area (Å²) in [6, 6.07) is 5.43. The third kappa shape index (κ3) is 8.30. The number of anilines is 3. The lowest BCUT2D eigenvalue weighted by atomic mass is 9.97. The molecule has 0 spiro atoms. The van der Waals surface area contributed by atoms with Crippen molar-refractivity contribution in [3.05, 3.63) is 36.4 Å². The van der Waals surface area contributed by atoms with Gasteiger partial charge in [-0.15, -0.1) is 0 Å². The number of likely N-dealkylation sites (tertiary alicyclic amines) is 1. The average molecular weight is 456 g/mol. The molecule has 1 saturated heterocycles. The van der Waals surface area contributed by atoms with E-state index >= 15 is 0 Å². The fourth-order valence-electron chi connectivity index (χ4n) is 3.48. The number of hydrogen-bond donors (Lipinski definition) is 3. The van der Waals surface area contributed by atoms with Gasteiger partial charge in [0, 0.05) is 32.6 Å². The molecule has 0 radical (unpaired) electrons. The van der Waals surface area contributed by atoms with E-state index in [0.29, 0.717) is 24.1 Å². The molecule has 178 valence electrons. The SMILES string of the molecule is CC(=O)Nc1ccc(Nc2cc(CNCC3CCN(C(=O)OC(C)(C)C)CC3)ncn2)cn1. The quantitative estimate of drug-likeness (QED) is 0.581. The third-order valence-corrected chi connectivity index (χ3v) is 5.07. The highest BCUT2D eigenvalue weighted by molar-refractivity contribution is 5.87. The van der Waals surface area contributed by atoms with E-state index in [9.17, 15) is 9.59 Å². The van der Waals surface area contributed by atoms with E-state index < -0.39 is 5.60 Å². The predicted molar refractivity (Wildman–Crippen MR) is 126 cm³/mol. The molecule has 1 fully saturated rings. The van der Waals surface area contributed by atoms with Crippen LogP contribution in [-0.2, 0) is 16.1 Å². The Morgan fingerprint density at radius 2 is 1.88 bits per heavy atom. The van der Waals surface area contributed by atoms with Gasteiger partial charge in [-0.05, 0) is 58.2 Å². The van der Waals surface area contributed by atoms with Crippen LogP contribution in [0.3, 0.4) is 0 Å². The van der Waals surface area contributed by atoms with Gasteiger partial charge in [0.05, 0.1) is 17.6 Å². The van der Waals surface area contributed by atoms with Gasteiger partial charge in [-0.25, -0.2) is 19.7 Å². The second kappa shape index (κ2) is 11.0. The van der Waals surface area contributed by atoms with Gasteiger partial charge in [0.25, 0.3) is 0 Å². The molecule has 1 aliphatic heterocycles. The summed E-state index contributed by atoms with van der Waals surface area (Å²) in [6.07, 6.45) is 4.83. The maximum Gasteiger partial charge on any atom is 0.410 e. The zero-order valence-electron chi connectivity index (χ0n) is 19.7. The number of amides is 2. The minimum atomic E-state index is -0.465. The van der Waals surface area contributed by atoms with Gasteiger partial charge >= 0.3 is 6.09 Å². The van der Waals surface area contributed by atoms with E-state index in [1.807, 2.05) is 32.9 Å². The van der Waals surface area contributed by atoms with Crippen LogP contribution in [0.4, 0.5) is 22.1 Å². The fraction of sp³-hybridized carbons (Fsp3) is 0.522. The van der Waals surface area contributed by atoms with Gasteiger partial charge in [-0.2, -0.15) is 0 Å². The normalized spacial score (nSPS) is 14.6. The van der Waals surface area contributed by atoms with Crippen molar-refractivity contribution in [2.45, 2.75) is 52.7 Å². The van der Waals surface area contributed by atoms with Crippen molar-refractivity contribution in [3.63, 3.8) is 0 Å². The highest BCUT2D eigenvalue weighted by atomic mass is 16.6. The number of pyridine rings is 1.